The van der Waals surface area contributed by atoms with Crippen LogP contribution in [0.2, 0.25) is 18.1 Å². The molecule has 1 heterocycles. The molecule has 2 amide bonds. The van der Waals surface area contributed by atoms with Gasteiger partial charge in [-0.25, -0.2) is 13.6 Å². The van der Waals surface area contributed by atoms with Crippen LogP contribution >= 0.6 is 0 Å². The maximum atomic E-state index is 14.5. The standard InChI is InChI=1S/C30H39F5N2O5Si/c1-29(2,3)43(5,6)42-19-25-23(36(27(38)30(33,34)35)17-20-12-14-22(40-4)15-13-20)16-24(26(31)32)37(25)28(39)41-18-21-10-8-7-9-11-21/h7-15,23-26H,16-19H2,1-6H3. The zero-order valence-corrected chi connectivity index (χ0v) is 26.2. The predicted octanol–water partition coefficient (Wildman–Crippen LogP) is 7.02. The van der Waals surface area contributed by atoms with Crippen molar-refractivity contribution in [3.63, 3.8) is 0 Å². The van der Waals surface area contributed by atoms with Crippen LogP contribution in [0.15, 0.2) is 54.6 Å². The first-order chi connectivity index (χ1) is 20.0. The molecule has 0 N–H and O–H groups in total. The number of ether oxygens (including phenoxy) is 2. The van der Waals surface area contributed by atoms with Crippen molar-refractivity contribution < 1.29 is 45.4 Å². The van der Waals surface area contributed by atoms with E-state index in [2.05, 4.69) is 0 Å². The Morgan fingerprint density at radius 2 is 1.60 bits per heavy atom. The van der Waals surface area contributed by atoms with Crippen molar-refractivity contribution in [1.29, 1.82) is 0 Å². The average Bonchev–Trinajstić information content (AvgIpc) is 3.32. The number of halogens is 5. The molecule has 2 aromatic rings. The van der Waals surface area contributed by atoms with E-state index in [0.29, 0.717) is 21.8 Å². The number of amides is 2. The van der Waals surface area contributed by atoms with Gasteiger partial charge in [-0.05, 0) is 47.8 Å². The smallest absolute Gasteiger partial charge is 0.471 e. The van der Waals surface area contributed by atoms with Crippen molar-refractivity contribution in [2.24, 2.45) is 0 Å². The molecule has 1 aliphatic rings. The minimum absolute atomic E-state index is 0.232. The molecule has 2 aromatic carbocycles. The lowest BCUT2D eigenvalue weighted by Gasteiger charge is -2.40. The zero-order chi connectivity index (χ0) is 32.2. The summed E-state index contributed by atoms with van der Waals surface area (Å²) < 4.78 is 87.7. The van der Waals surface area contributed by atoms with E-state index in [1.807, 2.05) is 33.9 Å². The lowest BCUT2D eigenvalue weighted by atomic mass is 10.0. The number of hydrogen-bond donors (Lipinski definition) is 0. The van der Waals surface area contributed by atoms with Crippen LogP contribution in [-0.2, 0) is 27.1 Å². The molecule has 1 aliphatic heterocycles. The Hall–Kier alpha value is -3.19. The zero-order valence-electron chi connectivity index (χ0n) is 25.2. The molecule has 0 radical (unpaired) electrons. The van der Waals surface area contributed by atoms with Crippen LogP contribution in [0.3, 0.4) is 0 Å². The van der Waals surface area contributed by atoms with Gasteiger partial charge in [0.15, 0.2) is 8.32 Å². The number of carbonyl (C=O) groups excluding carboxylic acids is 2. The monoisotopic (exact) mass is 630 g/mol. The van der Waals surface area contributed by atoms with Crippen LogP contribution in [0.4, 0.5) is 26.7 Å². The maximum Gasteiger partial charge on any atom is 0.471 e. The highest BCUT2D eigenvalue weighted by Gasteiger charge is 2.55. The predicted molar refractivity (Wildman–Crippen MR) is 153 cm³/mol. The fraction of sp³-hybridized carbons (Fsp3) is 0.533. The van der Waals surface area contributed by atoms with E-state index < -0.39 is 64.0 Å². The van der Waals surface area contributed by atoms with E-state index in [4.69, 9.17) is 13.9 Å². The van der Waals surface area contributed by atoms with E-state index >= 15 is 0 Å². The number of benzene rings is 2. The summed E-state index contributed by atoms with van der Waals surface area (Å²) in [6.07, 6.45) is -10.1. The lowest BCUT2D eigenvalue weighted by Crippen LogP contribution is -2.56. The van der Waals surface area contributed by atoms with E-state index in [9.17, 15) is 31.5 Å². The summed E-state index contributed by atoms with van der Waals surface area (Å²) in [6.45, 7) is 8.52. The van der Waals surface area contributed by atoms with Gasteiger partial charge in [-0.1, -0.05) is 63.2 Å². The summed E-state index contributed by atoms with van der Waals surface area (Å²) in [6, 6.07) is 9.99. The second-order valence-corrected chi connectivity index (χ2v) is 16.9. The SMILES string of the molecule is COc1ccc(CN(C(=O)C(F)(F)F)C2CC(C(F)F)N(C(=O)OCc3ccccc3)C2CO[Si](C)(C)C(C)(C)C)cc1. The second-order valence-electron chi connectivity index (χ2n) is 12.1. The Morgan fingerprint density at radius 3 is 2.12 bits per heavy atom. The summed E-state index contributed by atoms with van der Waals surface area (Å²) in [5.74, 6) is -1.75. The van der Waals surface area contributed by atoms with E-state index in [1.165, 1.54) is 31.4 Å². The van der Waals surface area contributed by atoms with Gasteiger partial charge in [0.05, 0.1) is 31.8 Å². The van der Waals surface area contributed by atoms with Gasteiger partial charge in [0.25, 0.3) is 6.43 Å². The fourth-order valence-corrected chi connectivity index (χ4v) is 5.73. The van der Waals surface area contributed by atoms with Crippen LogP contribution in [0.5, 0.6) is 5.75 Å². The summed E-state index contributed by atoms with van der Waals surface area (Å²) in [7, 11) is -1.15. The Balaban J connectivity index is 2.05. The van der Waals surface area contributed by atoms with Crippen LogP contribution in [0, 0.1) is 0 Å². The van der Waals surface area contributed by atoms with Crippen molar-refractivity contribution in [1.82, 2.24) is 9.80 Å². The van der Waals surface area contributed by atoms with E-state index in [-0.39, 0.29) is 18.3 Å². The molecule has 7 nitrogen and oxygen atoms in total. The molecule has 3 unspecified atom stereocenters. The normalized spacial score (nSPS) is 19.4. The van der Waals surface area contributed by atoms with Crippen LogP contribution < -0.4 is 4.74 Å². The fourth-order valence-electron chi connectivity index (χ4n) is 4.70. The average molecular weight is 631 g/mol. The van der Waals surface area contributed by atoms with Gasteiger partial charge < -0.3 is 18.8 Å². The van der Waals surface area contributed by atoms with Crippen molar-refractivity contribution in [3.8, 4) is 5.75 Å². The number of alkyl halides is 5. The highest BCUT2D eigenvalue weighted by atomic mass is 28.4. The number of hydrogen-bond acceptors (Lipinski definition) is 5. The summed E-state index contributed by atoms with van der Waals surface area (Å²) >= 11 is 0. The van der Waals surface area contributed by atoms with Gasteiger partial charge in [-0.2, -0.15) is 13.2 Å². The molecule has 1 saturated heterocycles. The van der Waals surface area contributed by atoms with Crippen LogP contribution in [-0.4, -0.2) is 74.6 Å². The number of rotatable bonds is 10. The van der Waals surface area contributed by atoms with Crippen LogP contribution in [0.25, 0.3) is 0 Å². The van der Waals surface area contributed by atoms with Crippen molar-refractivity contribution in [3.05, 3.63) is 65.7 Å². The van der Waals surface area contributed by atoms with Gasteiger partial charge in [-0.3, -0.25) is 9.69 Å². The Morgan fingerprint density at radius 1 is 1.00 bits per heavy atom. The number of methoxy groups -OCH3 is 1. The molecule has 0 bridgehead atoms. The molecule has 238 valence electrons. The summed E-state index contributed by atoms with van der Waals surface area (Å²) in [5, 5.41) is -0.327. The third-order valence-corrected chi connectivity index (χ3v) is 12.7. The van der Waals surface area contributed by atoms with Crippen molar-refractivity contribution in [2.75, 3.05) is 13.7 Å². The Labute approximate surface area is 250 Å². The minimum Gasteiger partial charge on any atom is -0.497 e. The molecule has 0 spiro atoms. The first kappa shape index (κ1) is 34.3. The van der Waals surface area contributed by atoms with Crippen molar-refractivity contribution in [2.45, 2.75) is 89.2 Å². The number of nitrogens with zero attached hydrogens (tertiary/aromatic N) is 2. The molecule has 3 atom stereocenters. The molecule has 0 saturated carbocycles. The first-order valence-corrected chi connectivity index (χ1v) is 16.8. The Kier molecular flexibility index (Phi) is 10.9. The van der Waals surface area contributed by atoms with E-state index in [0.717, 1.165) is 4.90 Å². The quantitative estimate of drug-likeness (QED) is 0.209. The highest BCUT2D eigenvalue weighted by Crippen LogP contribution is 2.40. The molecule has 13 heteroatoms. The summed E-state index contributed by atoms with van der Waals surface area (Å²) in [5.41, 5.74) is 0.920. The third kappa shape index (κ3) is 8.47. The Bertz CT molecular complexity index is 1220. The van der Waals surface area contributed by atoms with Gasteiger partial charge in [0.1, 0.15) is 12.4 Å². The van der Waals surface area contributed by atoms with Gasteiger partial charge in [-0.15, -0.1) is 0 Å². The minimum atomic E-state index is -5.29. The summed E-state index contributed by atoms with van der Waals surface area (Å²) in [4.78, 5) is 27.6. The molecule has 0 aromatic heterocycles. The molecule has 3 rings (SSSR count). The van der Waals surface area contributed by atoms with Gasteiger partial charge in [0, 0.05) is 6.54 Å². The third-order valence-electron chi connectivity index (χ3n) is 8.19. The van der Waals surface area contributed by atoms with Crippen molar-refractivity contribution >= 4 is 20.3 Å². The molecular weight excluding hydrogens is 591 g/mol. The molecular formula is C30H39F5N2O5Si. The highest BCUT2D eigenvalue weighted by molar-refractivity contribution is 6.74. The molecule has 1 fully saturated rings. The first-order valence-electron chi connectivity index (χ1n) is 13.9. The van der Waals surface area contributed by atoms with Gasteiger partial charge in [0.2, 0.25) is 0 Å². The number of carbonyl (C=O) groups is 2. The largest absolute Gasteiger partial charge is 0.497 e. The second kappa shape index (κ2) is 13.6. The molecule has 43 heavy (non-hydrogen) atoms. The molecule has 0 aliphatic carbocycles. The van der Waals surface area contributed by atoms with Gasteiger partial charge >= 0.3 is 18.2 Å². The lowest BCUT2D eigenvalue weighted by molar-refractivity contribution is -0.189. The maximum absolute atomic E-state index is 14.5. The topological polar surface area (TPSA) is 68.3 Å². The van der Waals surface area contributed by atoms with Crippen LogP contribution in [0.1, 0.15) is 38.3 Å². The number of likely N-dealkylation sites (tertiary alicyclic amines) is 1. The van der Waals surface area contributed by atoms with E-state index in [1.54, 1.807) is 30.3 Å².